The quantitative estimate of drug-likeness (QED) is 0.555. The van der Waals surface area contributed by atoms with Gasteiger partial charge in [0.2, 0.25) is 0 Å². The van der Waals surface area contributed by atoms with Gasteiger partial charge in [0.15, 0.2) is 0 Å². The molecule has 0 aromatic heterocycles. The van der Waals surface area contributed by atoms with Crippen molar-refractivity contribution in [3.05, 3.63) is 0 Å². The predicted octanol–water partition coefficient (Wildman–Crippen LogP) is 3.74. The van der Waals surface area contributed by atoms with Crippen molar-refractivity contribution in [2.24, 2.45) is 5.92 Å². The highest BCUT2D eigenvalue weighted by molar-refractivity contribution is 4.85. The van der Waals surface area contributed by atoms with Crippen molar-refractivity contribution in [3.63, 3.8) is 0 Å². The molecule has 0 bridgehead atoms. The molecule has 1 fully saturated rings. The Labute approximate surface area is 89.7 Å². The summed E-state index contributed by atoms with van der Waals surface area (Å²) in [4.78, 5) is 0. The molecule has 0 amide bonds. The normalized spacial score (nSPS) is 18.4. The lowest BCUT2D eigenvalue weighted by Gasteiger charge is -2.14. The molecule has 1 heteroatoms. The lowest BCUT2D eigenvalue weighted by atomic mass is 10.0. The van der Waals surface area contributed by atoms with Gasteiger partial charge in [0.05, 0.1) is 0 Å². The summed E-state index contributed by atoms with van der Waals surface area (Å²) in [6.07, 6.45) is 12.9. The molecule has 14 heavy (non-hydrogen) atoms. The molecule has 0 aromatic rings. The van der Waals surface area contributed by atoms with Crippen molar-refractivity contribution in [1.29, 1.82) is 0 Å². The molecule has 1 aliphatic rings. The van der Waals surface area contributed by atoms with Crippen LogP contribution in [0.2, 0.25) is 0 Å². The van der Waals surface area contributed by atoms with Gasteiger partial charge in [-0.15, -0.1) is 0 Å². The fourth-order valence-electron chi connectivity index (χ4n) is 2.26. The highest BCUT2D eigenvalue weighted by Gasteiger charge is 2.29. The van der Waals surface area contributed by atoms with E-state index in [-0.39, 0.29) is 0 Å². The van der Waals surface area contributed by atoms with E-state index < -0.39 is 0 Å². The molecule has 1 unspecified atom stereocenters. The number of unbranched alkanes of at least 4 members (excludes halogenated alkanes) is 5. The summed E-state index contributed by atoms with van der Waals surface area (Å²) >= 11 is 0. The van der Waals surface area contributed by atoms with Crippen LogP contribution < -0.4 is 5.32 Å². The van der Waals surface area contributed by atoms with Gasteiger partial charge in [-0.1, -0.05) is 45.4 Å². The lowest BCUT2D eigenvalue weighted by Crippen LogP contribution is -2.27. The van der Waals surface area contributed by atoms with Crippen LogP contribution in [0, 0.1) is 5.92 Å². The number of hydrogen-bond donors (Lipinski definition) is 1. The van der Waals surface area contributed by atoms with Gasteiger partial charge in [0.1, 0.15) is 0 Å². The molecule has 0 aromatic carbocycles. The van der Waals surface area contributed by atoms with Crippen LogP contribution in [0.25, 0.3) is 0 Å². The summed E-state index contributed by atoms with van der Waals surface area (Å²) in [5.41, 5.74) is 0. The van der Waals surface area contributed by atoms with Gasteiger partial charge in [-0.25, -0.2) is 0 Å². The zero-order valence-corrected chi connectivity index (χ0v) is 10.0. The maximum absolute atomic E-state index is 3.47. The molecule has 0 aliphatic heterocycles. The summed E-state index contributed by atoms with van der Waals surface area (Å²) in [6.45, 7) is 2.28. The summed E-state index contributed by atoms with van der Waals surface area (Å²) < 4.78 is 0. The van der Waals surface area contributed by atoms with E-state index in [9.17, 15) is 0 Å². The van der Waals surface area contributed by atoms with Gasteiger partial charge in [0, 0.05) is 6.04 Å². The van der Waals surface area contributed by atoms with Crippen molar-refractivity contribution in [3.8, 4) is 0 Å². The minimum absolute atomic E-state index is 0.834. The maximum Gasteiger partial charge on any atom is 0.00923 e. The summed E-state index contributed by atoms with van der Waals surface area (Å²) in [5.74, 6) is 1.02. The number of rotatable bonds is 9. The Morgan fingerprint density at radius 3 is 2.29 bits per heavy atom. The molecule has 1 rings (SSSR count). The molecule has 1 N–H and O–H groups in total. The van der Waals surface area contributed by atoms with Gasteiger partial charge < -0.3 is 5.32 Å². The zero-order chi connectivity index (χ0) is 10.2. The van der Waals surface area contributed by atoms with Crippen LogP contribution in [0.5, 0.6) is 0 Å². The van der Waals surface area contributed by atoms with Crippen LogP contribution >= 0.6 is 0 Å². The second kappa shape index (κ2) is 7.28. The molecule has 0 heterocycles. The van der Waals surface area contributed by atoms with Crippen molar-refractivity contribution < 1.29 is 0 Å². The second-order valence-electron chi connectivity index (χ2n) is 4.79. The molecule has 0 spiro atoms. The Morgan fingerprint density at radius 1 is 1.07 bits per heavy atom. The maximum atomic E-state index is 3.47. The summed E-state index contributed by atoms with van der Waals surface area (Å²) in [5, 5.41) is 3.47. The van der Waals surface area contributed by atoms with Crippen LogP contribution in [0.15, 0.2) is 0 Å². The molecule has 84 valence electrons. The van der Waals surface area contributed by atoms with Crippen LogP contribution in [-0.4, -0.2) is 13.1 Å². The molecule has 1 saturated carbocycles. The van der Waals surface area contributed by atoms with Gasteiger partial charge in [-0.3, -0.25) is 0 Å². The van der Waals surface area contributed by atoms with Gasteiger partial charge in [-0.2, -0.15) is 0 Å². The largest absolute Gasteiger partial charge is 0.317 e. The Morgan fingerprint density at radius 2 is 1.71 bits per heavy atom. The first-order valence-electron chi connectivity index (χ1n) is 6.55. The van der Waals surface area contributed by atoms with E-state index in [0.29, 0.717) is 0 Å². The Kier molecular flexibility index (Phi) is 6.25. The SMILES string of the molecule is CCCCCCCCC(NC)C1CC1. The Hall–Kier alpha value is -0.0400. The smallest absolute Gasteiger partial charge is 0.00923 e. The zero-order valence-electron chi connectivity index (χ0n) is 10.0. The molecular formula is C13H27N. The molecule has 1 aliphatic carbocycles. The first kappa shape index (κ1) is 12.0. The first-order chi connectivity index (χ1) is 6.88. The minimum Gasteiger partial charge on any atom is -0.317 e. The first-order valence-corrected chi connectivity index (χ1v) is 6.55. The highest BCUT2D eigenvalue weighted by Crippen LogP contribution is 2.34. The molecule has 0 radical (unpaired) electrons. The van der Waals surface area contributed by atoms with E-state index in [1.54, 1.807) is 0 Å². The topological polar surface area (TPSA) is 12.0 Å². The Bertz CT molecular complexity index is 129. The Balaban J connectivity index is 1.86. The van der Waals surface area contributed by atoms with Crippen LogP contribution in [0.4, 0.5) is 0 Å². The minimum atomic E-state index is 0.834. The van der Waals surface area contributed by atoms with E-state index in [4.69, 9.17) is 0 Å². The number of nitrogens with one attached hydrogen (secondary N) is 1. The van der Waals surface area contributed by atoms with Gasteiger partial charge in [0.25, 0.3) is 0 Å². The van der Waals surface area contributed by atoms with E-state index in [2.05, 4.69) is 19.3 Å². The fourth-order valence-corrected chi connectivity index (χ4v) is 2.26. The second-order valence-corrected chi connectivity index (χ2v) is 4.79. The highest BCUT2D eigenvalue weighted by atomic mass is 14.9. The van der Waals surface area contributed by atoms with Crippen molar-refractivity contribution in [1.82, 2.24) is 5.32 Å². The van der Waals surface area contributed by atoms with Crippen LogP contribution in [0.3, 0.4) is 0 Å². The van der Waals surface area contributed by atoms with E-state index in [1.807, 2.05) is 0 Å². The van der Waals surface area contributed by atoms with Crippen molar-refractivity contribution in [2.75, 3.05) is 7.05 Å². The van der Waals surface area contributed by atoms with Gasteiger partial charge in [-0.05, 0) is 32.2 Å². The monoisotopic (exact) mass is 197 g/mol. The van der Waals surface area contributed by atoms with E-state index >= 15 is 0 Å². The average Bonchev–Trinajstić information content (AvgIpc) is 3.01. The average molecular weight is 197 g/mol. The molecule has 0 saturated heterocycles. The summed E-state index contributed by atoms with van der Waals surface area (Å²) in [7, 11) is 2.13. The predicted molar refractivity (Wildman–Crippen MR) is 63.6 cm³/mol. The van der Waals surface area contributed by atoms with E-state index in [1.165, 1.54) is 57.8 Å². The lowest BCUT2D eigenvalue weighted by molar-refractivity contribution is 0.442. The number of hydrogen-bond acceptors (Lipinski definition) is 1. The van der Waals surface area contributed by atoms with Crippen molar-refractivity contribution >= 4 is 0 Å². The van der Waals surface area contributed by atoms with Crippen molar-refractivity contribution in [2.45, 2.75) is 70.8 Å². The molecule has 1 nitrogen and oxygen atoms in total. The molecule has 1 atom stereocenters. The van der Waals surface area contributed by atoms with E-state index in [0.717, 1.165) is 12.0 Å². The fraction of sp³-hybridized carbons (Fsp3) is 1.00. The third-order valence-electron chi connectivity index (χ3n) is 3.43. The third kappa shape index (κ3) is 4.99. The summed E-state index contributed by atoms with van der Waals surface area (Å²) in [6, 6.07) is 0.834. The van der Waals surface area contributed by atoms with Gasteiger partial charge >= 0.3 is 0 Å². The van der Waals surface area contributed by atoms with Crippen LogP contribution in [0.1, 0.15) is 64.7 Å². The molecular weight excluding hydrogens is 170 g/mol. The van der Waals surface area contributed by atoms with Crippen LogP contribution in [-0.2, 0) is 0 Å². The third-order valence-corrected chi connectivity index (χ3v) is 3.43. The standard InChI is InChI=1S/C13H27N/c1-3-4-5-6-7-8-9-13(14-2)12-10-11-12/h12-14H,3-11H2,1-2H3.